The van der Waals surface area contributed by atoms with Crippen molar-refractivity contribution in [3.63, 3.8) is 0 Å². The molecular formula is C27H33N5O3S. The Morgan fingerprint density at radius 2 is 1.61 bits per heavy atom. The molecule has 36 heavy (non-hydrogen) atoms. The van der Waals surface area contributed by atoms with Gasteiger partial charge in [0.05, 0.1) is 4.90 Å². The zero-order chi connectivity index (χ0) is 25.3. The third kappa shape index (κ3) is 5.08. The highest BCUT2D eigenvalue weighted by Crippen LogP contribution is 2.27. The Kier molecular flexibility index (Phi) is 6.94. The molecule has 2 unspecified atom stereocenters. The van der Waals surface area contributed by atoms with Gasteiger partial charge in [0.1, 0.15) is 5.82 Å². The van der Waals surface area contributed by atoms with E-state index in [1.807, 2.05) is 24.3 Å². The molecule has 0 spiro atoms. The van der Waals surface area contributed by atoms with Gasteiger partial charge < -0.3 is 9.88 Å². The molecule has 1 amide bonds. The second kappa shape index (κ2) is 10.1. The van der Waals surface area contributed by atoms with Crippen molar-refractivity contribution in [3.05, 3.63) is 59.9 Å². The van der Waals surface area contributed by atoms with Crippen molar-refractivity contribution in [2.24, 2.45) is 11.8 Å². The van der Waals surface area contributed by atoms with Crippen LogP contribution in [0.15, 0.2) is 53.4 Å². The molecule has 9 heteroatoms. The van der Waals surface area contributed by atoms with Gasteiger partial charge >= 0.3 is 0 Å². The molecule has 0 radical (unpaired) electrons. The molecule has 5 rings (SSSR count). The first-order valence-corrected chi connectivity index (χ1v) is 14.2. The third-order valence-corrected chi connectivity index (χ3v) is 8.95. The van der Waals surface area contributed by atoms with Crippen molar-refractivity contribution in [3.8, 4) is 11.4 Å². The number of anilines is 1. The molecule has 0 saturated carbocycles. The Bertz CT molecular complexity index is 1320. The van der Waals surface area contributed by atoms with Crippen molar-refractivity contribution in [2.45, 2.75) is 57.4 Å². The summed E-state index contributed by atoms with van der Waals surface area (Å²) in [5, 5.41) is 11.6. The topological polar surface area (TPSA) is 97.2 Å². The molecule has 1 N–H and O–H groups in total. The molecule has 3 aromatic rings. The number of nitrogens with zero attached hydrogens (tertiary/aromatic N) is 4. The van der Waals surface area contributed by atoms with Crippen molar-refractivity contribution in [1.29, 1.82) is 0 Å². The highest BCUT2D eigenvalue weighted by Gasteiger charge is 2.31. The number of nitrogens with one attached hydrogen (secondary N) is 1. The third-order valence-electron chi connectivity index (χ3n) is 7.10. The first-order valence-electron chi connectivity index (χ1n) is 12.8. The first-order chi connectivity index (χ1) is 17.3. The lowest BCUT2D eigenvalue weighted by molar-refractivity contribution is 0.102. The van der Waals surface area contributed by atoms with Crippen LogP contribution in [0.2, 0.25) is 0 Å². The summed E-state index contributed by atoms with van der Waals surface area (Å²) < 4.78 is 30.0. The highest BCUT2D eigenvalue weighted by molar-refractivity contribution is 7.89. The lowest BCUT2D eigenvalue weighted by Gasteiger charge is -2.34. The van der Waals surface area contributed by atoms with Crippen LogP contribution in [0.5, 0.6) is 0 Å². The Morgan fingerprint density at radius 1 is 0.917 bits per heavy atom. The maximum Gasteiger partial charge on any atom is 0.255 e. The summed E-state index contributed by atoms with van der Waals surface area (Å²) >= 11 is 0. The number of hydrogen-bond donors (Lipinski definition) is 1. The average molecular weight is 508 g/mol. The van der Waals surface area contributed by atoms with E-state index >= 15 is 0 Å². The minimum atomic E-state index is -3.58. The fraction of sp³-hybridized carbons (Fsp3) is 0.444. The van der Waals surface area contributed by atoms with E-state index < -0.39 is 10.0 Å². The Labute approximate surface area is 212 Å². The molecule has 2 aliphatic heterocycles. The molecule has 1 aromatic heterocycles. The zero-order valence-corrected chi connectivity index (χ0v) is 21.7. The number of hydrogen-bond acceptors (Lipinski definition) is 5. The molecule has 190 valence electrons. The lowest BCUT2D eigenvalue weighted by Crippen LogP contribution is -2.42. The average Bonchev–Trinajstić information content (AvgIpc) is 3.11. The van der Waals surface area contributed by atoms with E-state index in [0.29, 0.717) is 36.2 Å². The Morgan fingerprint density at radius 3 is 2.31 bits per heavy atom. The minimum Gasteiger partial charge on any atom is -0.322 e. The molecule has 1 fully saturated rings. The molecular weight excluding hydrogens is 474 g/mol. The number of aryl methyl sites for hydroxylation is 1. The molecule has 2 aliphatic rings. The molecule has 3 heterocycles. The van der Waals surface area contributed by atoms with E-state index in [1.54, 1.807) is 16.4 Å². The summed E-state index contributed by atoms with van der Waals surface area (Å²) in [6.07, 6.45) is 5.47. The van der Waals surface area contributed by atoms with E-state index in [4.69, 9.17) is 0 Å². The molecule has 8 nitrogen and oxygen atoms in total. The maximum atomic E-state index is 13.1. The van der Waals surface area contributed by atoms with Gasteiger partial charge in [-0.25, -0.2) is 8.42 Å². The van der Waals surface area contributed by atoms with E-state index in [9.17, 15) is 13.2 Å². The van der Waals surface area contributed by atoms with Crippen molar-refractivity contribution in [1.82, 2.24) is 19.1 Å². The summed E-state index contributed by atoms with van der Waals surface area (Å²) in [5.74, 6) is 2.27. The molecule has 2 aromatic carbocycles. The van der Waals surface area contributed by atoms with Crippen LogP contribution in [-0.2, 0) is 23.0 Å². The van der Waals surface area contributed by atoms with Gasteiger partial charge in [0.25, 0.3) is 5.91 Å². The van der Waals surface area contributed by atoms with Crippen LogP contribution in [0.25, 0.3) is 11.4 Å². The van der Waals surface area contributed by atoms with Crippen LogP contribution in [0.3, 0.4) is 0 Å². The number of rotatable bonds is 5. The molecule has 2 atom stereocenters. The quantitative estimate of drug-likeness (QED) is 0.545. The minimum absolute atomic E-state index is 0.220. The normalized spacial score (nSPS) is 20.9. The van der Waals surface area contributed by atoms with Gasteiger partial charge in [-0.05, 0) is 79.6 Å². The standard InChI is InChI=1S/C27H33N5O3S/c1-19-16-20(2)18-31(17-19)36(34,35)24-13-9-22(10-14-24)27(33)28-23-11-7-21(8-12-23)26-30-29-25-6-4-3-5-15-32(25)26/h7-14,19-20H,3-6,15-18H2,1-2H3,(H,28,33). The number of aromatic nitrogens is 3. The second-order valence-corrected chi connectivity index (χ2v) is 12.2. The summed E-state index contributed by atoms with van der Waals surface area (Å²) in [6.45, 7) is 6.15. The van der Waals surface area contributed by atoms with Crippen LogP contribution < -0.4 is 5.32 Å². The number of piperidine rings is 1. The Balaban J connectivity index is 1.26. The summed E-state index contributed by atoms with van der Waals surface area (Å²) in [7, 11) is -3.58. The zero-order valence-electron chi connectivity index (χ0n) is 20.9. The van der Waals surface area contributed by atoms with Gasteiger partial charge in [0, 0.05) is 42.9 Å². The van der Waals surface area contributed by atoms with Crippen LogP contribution in [0.1, 0.15) is 55.7 Å². The number of fused-ring (bicyclic) bond motifs is 1. The van der Waals surface area contributed by atoms with E-state index in [0.717, 1.165) is 49.4 Å². The summed E-state index contributed by atoms with van der Waals surface area (Å²) in [6, 6.07) is 13.8. The molecule has 0 aliphatic carbocycles. The van der Waals surface area contributed by atoms with E-state index in [1.165, 1.54) is 18.6 Å². The van der Waals surface area contributed by atoms with Crippen molar-refractivity contribution in [2.75, 3.05) is 18.4 Å². The molecule has 0 bridgehead atoms. The number of carbonyl (C=O) groups is 1. The number of benzene rings is 2. The highest BCUT2D eigenvalue weighted by atomic mass is 32.2. The number of amides is 1. The fourth-order valence-electron chi connectivity index (χ4n) is 5.33. The summed E-state index contributed by atoms with van der Waals surface area (Å²) in [4.78, 5) is 13.0. The van der Waals surface area contributed by atoms with Gasteiger partial charge in [0.15, 0.2) is 5.82 Å². The van der Waals surface area contributed by atoms with Crippen LogP contribution in [0, 0.1) is 11.8 Å². The van der Waals surface area contributed by atoms with Gasteiger partial charge in [-0.3, -0.25) is 4.79 Å². The number of sulfonamides is 1. The van der Waals surface area contributed by atoms with Crippen molar-refractivity contribution < 1.29 is 13.2 Å². The first kappa shape index (κ1) is 24.6. The predicted molar refractivity (Wildman–Crippen MR) is 139 cm³/mol. The van der Waals surface area contributed by atoms with E-state index in [-0.39, 0.29) is 10.8 Å². The van der Waals surface area contributed by atoms with E-state index in [2.05, 4.69) is 33.9 Å². The fourth-order valence-corrected chi connectivity index (χ4v) is 7.01. The van der Waals surface area contributed by atoms with Gasteiger partial charge in [0.2, 0.25) is 10.0 Å². The molecule has 1 saturated heterocycles. The van der Waals surface area contributed by atoms with Gasteiger partial charge in [-0.2, -0.15) is 4.31 Å². The second-order valence-electron chi connectivity index (χ2n) is 10.2. The summed E-state index contributed by atoms with van der Waals surface area (Å²) in [5.41, 5.74) is 2.03. The van der Waals surface area contributed by atoms with Crippen LogP contribution >= 0.6 is 0 Å². The van der Waals surface area contributed by atoms with Crippen LogP contribution in [-0.4, -0.2) is 46.5 Å². The predicted octanol–water partition coefficient (Wildman–Crippen LogP) is 4.59. The Hall–Kier alpha value is -3.04. The number of carbonyl (C=O) groups excluding carboxylic acids is 1. The van der Waals surface area contributed by atoms with Gasteiger partial charge in [-0.1, -0.05) is 20.3 Å². The SMILES string of the molecule is CC1CC(C)CN(S(=O)(=O)c2ccc(C(=O)Nc3ccc(-c4nnc5n4CCCCC5)cc3)cc2)C1. The smallest absolute Gasteiger partial charge is 0.255 e. The van der Waals surface area contributed by atoms with Crippen LogP contribution in [0.4, 0.5) is 5.69 Å². The monoisotopic (exact) mass is 507 g/mol. The lowest BCUT2D eigenvalue weighted by atomic mass is 9.94. The largest absolute Gasteiger partial charge is 0.322 e. The van der Waals surface area contributed by atoms with Gasteiger partial charge in [-0.15, -0.1) is 10.2 Å². The maximum absolute atomic E-state index is 13.1. The van der Waals surface area contributed by atoms with Crippen molar-refractivity contribution >= 4 is 21.6 Å².